The van der Waals surface area contributed by atoms with Crippen LogP contribution in [0.2, 0.25) is 0 Å². The lowest BCUT2D eigenvalue weighted by molar-refractivity contribution is 0.177. The van der Waals surface area contributed by atoms with Gasteiger partial charge >= 0.3 is 6.09 Å². The van der Waals surface area contributed by atoms with Crippen LogP contribution < -0.4 is 5.32 Å². The molecule has 2 heterocycles. The Morgan fingerprint density at radius 3 is 3.08 bits per heavy atom. The molecular weight excluding hydrogens is 174 g/mol. The Hall–Kier alpha value is -1.03. The summed E-state index contributed by atoms with van der Waals surface area (Å²) in [5.41, 5.74) is 1.23. The van der Waals surface area contributed by atoms with Crippen LogP contribution in [0.3, 0.4) is 0 Å². The molecule has 1 fully saturated rings. The second kappa shape index (κ2) is 2.79. The Balaban J connectivity index is 2.15. The number of carbonyl (C=O) groups excluding carboxylic acids is 1. The van der Waals surface area contributed by atoms with Crippen molar-refractivity contribution in [1.82, 2.24) is 5.32 Å². The minimum Gasteiger partial charge on any atom is -0.447 e. The Morgan fingerprint density at radius 1 is 1.75 bits per heavy atom. The number of thiophene rings is 1. The van der Waals surface area contributed by atoms with Gasteiger partial charge in [0.05, 0.1) is 0 Å². The monoisotopic (exact) mass is 183 g/mol. The van der Waals surface area contributed by atoms with Gasteiger partial charge in [-0.25, -0.2) is 4.79 Å². The van der Waals surface area contributed by atoms with E-state index in [1.165, 1.54) is 10.4 Å². The second-order valence-corrected chi connectivity index (χ2v) is 3.76. The molecular formula is C8H9NO2S. The molecule has 2 rings (SSSR count). The molecule has 0 aromatic carbocycles. The van der Waals surface area contributed by atoms with Gasteiger partial charge in [-0.2, -0.15) is 0 Å². The lowest BCUT2D eigenvalue weighted by Gasteiger charge is -2.01. The highest BCUT2D eigenvalue weighted by Gasteiger charge is 2.24. The number of hydrogen-bond donors (Lipinski definition) is 1. The fraction of sp³-hybridized carbons (Fsp3) is 0.375. The topological polar surface area (TPSA) is 38.3 Å². The maximum absolute atomic E-state index is 10.7. The van der Waals surface area contributed by atoms with E-state index in [0.29, 0.717) is 6.61 Å². The normalized spacial score (nSPS) is 22.1. The molecule has 12 heavy (non-hydrogen) atoms. The van der Waals surface area contributed by atoms with Crippen LogP contribution in [0.4, 0.5) is 4.79 Å². The molecule has 3 nitrogen and oxygen atoms in total. The highest BCUT2D eigenvalue weighted by atomic mass is 32.1. The number of carbonyl (C=O) groups is 1. The van der Waals surface area contributed by atoms with Gasteiger partial charge in [-0.1, -0.05) is 0 Å². The smallest absolute Gasteiger partial charge is 0.407 e. The van der Waals surface area contributed by atoms with E-state index in [4.69, 9.17) is 4.74 Å². The third kappa shape index (κ3) is 1.30. The van der Waals surface area contributed by atoms with Crippen LogP contribution in [0, 0.1) is 6.92 Å². The summed E-state index contributed by atoms with van der Waals surface area (Å²) in [6.07, 6.45) is -0.314. The average molecular weight is 183 g/mol. The first-order valence-electron chi connectivity index (χ1n) is 3.74. The maximum Gasteiger partial charge on any atom is 0.407 e. The summed E-state index contributed by atoms with van der Waals surface area (Å²) in [6, 6.07) is 2.14. The summed E-state index contributed by atoms with van der Waals surface area (Å²) in [6.45, 7) is 2.50. The Morgan fingerprint density at radius 2 is 2.58 bits per heavy atom. The van der Waals surface area contributed by atoms with E-state index in [1.807, 2.05) is 6.92 Å². The molecule has 0 bridgehead atoms. The van der Waals surface area contributed by atoms with E-state index in [9.17, 15) is 4.79 Å². The molecule has 1 aliphatic heterocycles. The van der Waals surface area contributed by atoms with Crippen LogP contribution in [0.5, 0.6) is 0 Å². The third-order valence-electron chi connectivity index (χ3n) is 1.77. The minimum atomic E-state index is -0.314. The van der Waals surface area contributed by atoms with Gasteiger partial charge in [0.1, 0.15) is 12.6 Å². The van der Waals surface area contributed by atoms with Crippen molar-refractivity contribution >= 4 is 17.4 Å². The molecule has 0 saturated carbocycles. The molecule has 1 amide bonds. The SMILES string of the molecule is Cc1csc([C@H]2COC(=O)N2)c1. The summed E-state index contributed by atoms with van der Waals surface area (Å²) in [5.74, 6) is 0. The molecule has 0 unspecified atom stereocenters. The van der Waals surface area contributed by atoms with E-state index in [1.54, 1.807) is 11.3 Å². The fourth-order valence-electron chi connectivity index (χ4n) is 1.17. The second-order valence-electron chi connectivity index (χ2n) is 2.82. The third-order valence-corrected chi connectivity index (χ3v) is 2.93. The molecule has 1 saturated heterocycles. The first-order valence-corrected chi connectivity index (χ1v) is 4.62. The lowest BCUT2D eigenvalue weighted by Crippen LogP contribution is -2.17. The summed E-state index contributed by atoms with van der Waals surface area (Å²) in [5, 5.41) is 4.80. The van der Waals surface area contributed by atoms with Crippen molar-refractivity contribution in [1.29, 1.82) is 0 Å². The summed E-state index contributed by atoms with van der Waals surface area (Å²) in [4.78, 5) is 11.9. The van der Waals surface area contributed by atoms with Gasteiger partial charge in [-0.3, -0.25) is 0 Å². The number of amides is 1. The van der Waals surface area contributed by atoms with Crippen LogP contribution in [-0.2, 0) is 4.74 Å². The zero-order chi connectivity index (χ0) is 8.55. The molecule has 1 aromatic rings. The van der Waals surface area contributed by atoms with Crippen molar-refractivity contribution in [2.45, 2.75) is 13.0 Å². The number of nitrogens with one attached hydrogen (secondary N) is 1. The standard InChI is InChI=1S/C8H9NO2S/c1-5-2-7(12-4-5)6-3-11-8(10)9-6/h2,4,6H,3H2,1H3,(H,9,10)/t6-/m1/s1. The predicted molar refractivity (Wildman–Crippen MR) is 46.3 cm³/mol. The van der Waals surface area contributed by atoms with E-state index < -0.39 is 0 Å². The Kier molecular flexibility index (Phi) is 1.77. The minimum absolute atomic E-state index is 0.0659. The Bertz CT molecular complexity index is 308. The van der Waals surface area contributed by atoms with Gasteiger partial charge in [0.15, 0.2) is 0 Å². The van der Waals surface area contributed by atoms with Crippen molar-refractivity contribution in [3.63, 3.8) is 0 Å². The molecule has 0 radical (unpaired) electrons. The van der Waals surface area contributed by atoms with Crippen LogP contribution >= 0.6 is 11.3 Å². The van der Waals surface area contributed by atoms with Gasteiger partial charge < -0.3 is 10.1 Å². The number of rotatable bonds is 1. The number of cyclic esters (lactones) is 1. The molecule has 4 heteroatoms. The van der Waals surface area contributed by atoms with Crippen LogP contribution in [0.15, 0.2) is 11.4 Å². The first-order chi connectivity index (χ1) is 5.75. The quantitative estimate of drug-likeness (QED) is 0.721. The molecule has 1 N–H and O–H groups in total. The zero-order valence-electron chi connectivity index (χ0n) is 6.66. The van der Waals surface area contributed by atoms with Gasteiger partial charge in [0.2, 0.25) is 0 Å². The van der Waals surface area contributed by atoms with E-state index in [-0.39, 0.29) is 12.1 Å². The molecule has 1 aliphatic rings. The molecule has 1 atom stereocenters. The summed E-state index contributed by atoms with van der Waals surface area (Å²) in [7, 11) is 0. The van der Waals surface area contributed by atoms with Gasteiger partial charge in [0, 0.05) is 4.88 Å². The molecule has 0 spiro atoms. The van der Waals surface area contributed by atoms with Gasteiger partial charge in [0.25, 0.3) is 0 Å². The average Bonchev–Trinajstić information content (AvgIpc) is 2.58. The number of aryl methyl sites for hydroxylation is 1. The first kappa shape index (κ1) is 7.61. The van der Waals surface area contributed by atoms with Crippen molar-refractivity contribution in [2.75, 3.05) is 6.61 Å². The van der Waals surface area contributed by atoms with Crippen molar-refractivity contribution in [3.8, 4) is 0 Å². The van der Waals surface area contributed by atoms with Crippen LogP contribution in [-0.4, -0.2) is 12.7 Å². The fourth-order valence-corrected chi connectivity index (χ4v) is 2.11. The molecule has 64 valence electrons. The van der Waals surface area contributed by atoms with Crippen molar-refractivity contribution in [2.24, 2.45) is 0 Å². The van der Waals surface area contributed by atoms with E-state index in [2.05, 4.69) is 16.8 Å². The largest absolute Gasteiger partial charge is 0.447 e. The van der Waals surface area contributed by atoms with E-state index in [0.717, 1.165) is 0 Å². The van der Waals surface area contributed by atoms with Crippen molar-refractivity contribution in [3.05, 3.63) is 21.9 Å². The Labute approximate surface area is 74.4 Å². The maximum atomic E-state index is 10.7. The summed E-state index contributed by atoms with van der Waals surface area (Å²) < 4.78 is 4.79. The molecule has 0 aliphatic carbocycles. The zero-order valence-corrected chi connectivity index (χ0v) is 7.48. The van der Waals surface area contributed by atoms with Gasteiger partial charge in [-0.15, -0.1) is 11.3 Å². The number of alkyl carbamates (subject to hydrolysis) is 1. The number of ether oxygens (including phenoxy) is 1. The highest BCUT2D eigenvalue weighted by Crippen LogP contribution is 2.24. The summed E-state index contributed by atoms with van der Waals surface area (Å²) >= 11 is 1.65. The molecule has 1 aromatic heterocycles. The predicted octanol–water partition coefficient (Wildman–Crippen LogP) is 1.84. The highest BCUT2D eigenvalue weighted by molar-refractivity contribution is 7.10. The lowest BCUT2D eigenvalue weighted by atomic mass is 10.2. The number of hydrogen-bond acceptors (Lipinski definition) is 3. The van der Waals surface area contributed by atoms with Crippen molar-refractivity contribution < 1.29 is 9.53 Å². The van der Waals surface area contributed by atoms with Crippen LogP contribution in [0.1, 0.15) is 16.5 Å². The van der Waals surface area contributed by atoms with E-state index >= 15 is 0 Å². The van der Waals surface area contributed by atoms with Crippen LogP contribution in [0.25, 0.3) is 0 Å². The van der Waals surface area contributed by atoms with Gasteiger partial charge in [-0.05, 0) is 23.9 Å².